The first-order chi connectivity index (χ1) is 7.34. The van der Waals surface area contributed by atoms with Gasteiger partial charge in [-0.05, 0) is 45.1 Å². The molecule has 0 spiro atoms. The third-order valence-corrected chi connectivity index (χ3v) is 3.54. The summed E-state index contributed by atoms with van der Waals surface area (Å²) < 4.78 is 1.18. The van der Waals surface area contributed by atoms with E-state index in [2.05, 4.69) is 37.7 Å². The lowest BCUT2D eigenvalue weighted by Crippen LogP contribution is -2.12. The molecule has 0 radical (unpaired) electrons. The van der Waals surface area contributed by atoms with Crippen LogP contribution in [-0.2, 0) is 13.1 Å². The molecule has 1 N–H and O–H groups in total. The number of rotatable bonds is 4. The standard InChI is InChI=1S/C11H11BrN2S/c12-11-5-9(8-15-11)6-13-7-10-3-1-2-4-14-10/h1-5,8,13H,6-7H2. The average molecular weight is 283 g/mol. The van der Waals surface area contributed by atoms with Crippen molar-refractivity contribution in [3.05, 3.63) is 50.9 Å². The zero-order valence-corrected chi connectivity index (χ0v) is 10.5. The van der Waals surface area contributed by atoms with E-state index in [1.54, 1.807) is 11.3 Å². The Morgan fingerprint density at radius 1 is 1.33 bits per heavy atom. The molecule has 0 fully saturated rings. The molecule has 0 unspecified atom stereocenters. The first-order valence-electron chi connectivity index (χ1n) is 4.68. The number of nitrogens with zero attached hydrogens (tertiary/aromatic N) is 1. The van der Waals surface area contributed by atoms with E-state index >= 15 is 0 Å². The number of hydrogen-bond donors (Lipinski definition) is 1. The number of thiophene rings is 1. The van der Waals surface area contributed by atoms with Crippen molar-refractivity contribution in [2.24, 2.45) is 0 Å². The van der Waals surface area contributed by atoms with Crippen LogP contribution in [0.2, 0.25) is 0 Å². The Hall–Kier alpha value is -0.710. The maximum atomic E-state index is 4.25. The number of halogens is 1. The third-order valence-electron chi connectivity index (χ3n) is 1.98. The lowest BCUT2D eigenvalue weighted by atomic mass is 10.3. The van der Waals surface area contributed by atoms with E-state index in [0.29, 0.717) is 0 Å². The summed E-state index contributed by atoms with van der Waals surface area (Å²) in [6.07, 6.45) is 1.82. The molecule has 2 aromatic rings. The largest absolute Gasteiger partial charge is 0.307 e. The van der Waals surface area contributed by atoms with Crippen molar-refractivity contribution < 1.29 is 0 Å². The minimum Gasteiger partial charge on any atom is -0.307 e. The van der Waals surface area contributed by atoms with Gasteiger partial charge in [0.25, 0.3) is 0 Å². The summed E-state index contributed by atoms with van der Waals surface area (Å²) in [4.78, 5) is 4.25. The van der Waals surface area contributed by atoms with Gasteiger partial charge in [-0.2, -0.15) is 0 Å². The Morgan fingerprint density at radius 2 is 2.27 bits per heavy atom. The van der Waals surface area contributed by atoms with Gasteiger partial charge in [-0.15, -0.1) is 11.3 Å². The summed E-state index contributed by atoms with van der Waals surface area (Å²) in [6, 6.07) is 8.09. The van der Waals surface area contributed by atoms with Crippen LogP contribution in [0.4, 0.5) is 0 Å². The molecule has 0 bridgehead atoms. The van der Waals surface area contributed by atoms with Gasteiger partial charge in [-0.3, -0.25) is 4.98 Å². The van der Waals surface area contributed by atoms with Crippen LogP contribution in [0.15, 0.2) is 39.6 Å². The molecule has 2 heterocycles. The Bertz CT molecular complexity index is 414. The molecule has 0 amide bonds. The molecule has 0 aliphatic heterocycles. The van der Waals surface area contributed by atoms with Crippen molar-refractivity contribution in [1.29, 1.82) is 0 Å². The molecule has 2 rings (SSSR count). The molecule has 78 valence electrons. The van der Waals surface area contributed by atoms with Gasteiger partial charge < -0.3 is 5.32 Å². The van der Waals surface area contributed by atoms with Gasteiger partial charge in [-0.25, -0.2) is 0 Å². The summed E-state index contributed by atoms with van der Waals surface area (Å²) in [6.45, 7) is 1.70. The van der Waals surface area contributed by atoms with Crippen molar-refractivity contribution in [3.63, 3.8) is 0 Å². The lowest BCUT2D eigenvalue weighted by molar-refractivity contribution is 0.681. The molecule has 2 nitrogen and oxygen atoms in total. The number of pyridine rings is 1. The SMILES string of the molecule is Brc1cc(CNCc2ccccn2)cs1. The van der Waals surface area contributed by atoms with Crippen LogP contribution in [0.3, 0.4) is 0 Å². The highest BCUT2D eigenvalue weighted by Gasteiger charge is 1.97. The number of aromatic nitrogens is 1. The van der Waals surface area contributed by atoms with Crippen LogP contribution in [0.5, 0.6) is 0 Å². The minimum absolute atomic E-state index is 0.814. The van der Waals surface area contributed by atoms with Gasteiger partial charge in [0.15, 0.2) is 0 Å². The highest BCUT2D eigenvalue weighted by molar-refractivity contribution is 9.11. The number of hydrogen-bond acceptors (Lipinski definition) is 3. The zero-order chi connectivity index (χ0) is 10.5. The average Bonchev–Trinajstić information content (AvgIpc) is 2.66. The summed E-state index contributed by atoms with van der Waals surface area (Å²) in [5, 5.41) is 5.50. The van der Waals surface area contributed by atoms with Crippen LogP contribution in [0.1, 0.15) is 11.3 Å². The second-order valence-corrected chi connectivity index (χ2v) is 5.47. The predicted molar refractivity (Wildman–Crippen MR) is 66.8 cm³/mol. The Kier molecular flexibility index (Phi) is 3.88. The molecule has 2 aromatic heterocycles. The minimum atomic E-state index is 0.814. The van der Waals surface area contributed by atoms with Gasteiger partial charge in [0, 0.05) is 19.3 Å². The molecular weight excluding hydrogens is 272 g/mol. The highest BCUT2D eigenvalue weighted by atomic mass is 79.9. The fraction of sp³-hybridized carbons (Fsp3) is 0.182. The van der Waals surface area contributed by atoms with E-state index in [1.165, 1.54) is 9.35 Å². The van der Waals surface area contributed by atoms with Crippen molar-refractivity contribution in [1.82, 2.24) is 10.3 Å². The molecule has 0 saturated carbocycles. The van der Waals surface area contributed by atoms with Crippen LogP contribution in [0.25, 0.3) is 0 Å². The summed E-state index contributed by atoms with van der Waals surface area (Å²) in [5.74, 6) is 0. The normalized spacial score (nSPS) is 10.5. The van der Waals surface area contributed by atoms with Crippen LogP contribution < -0.4 is 5.32 Å². The third kappa shape index (κ3) is 3.41. The van der Waals surface area contributed by atoms with Crippen LogP contribution >= 0.6 is 27.3 Å². The van der Waals surface area contributed by atoms with Crippen molar-refractivity contribution in [3.8, 4) is 0 Å². The monoisotopic (exact) mass is 282 g/mol. The molecular formula is C11H11BrN2S. The lowest BCUT2D eigenvalue weighted by Gasteiger charge is -2.01. The molecule has 0 aliphatic carbocycles. The summed E-state index contributed by atoms with van der Waals surface area (Å²) >= 11 is 5.16. The number of nitrogens with one attached hydrogen (secondary N) is 1. The highest BCUT2D eigenvalue weighted by Crippen LogP contribution is 2.20. The first-order valence-corrected chi connectivity index (χ1v) is 6.35. The molecule has 0 atom stereocenters. The molecule has 15 heavy (non-hydrogen) atoms. The molecule has 0 aliphatic rings. The Balaban J connectivity index is 1.80. The fourth-order valence-corrected chi connectivity index (χ4v) is 2.49. The fourth-order valence-electron chi connectivity index (χ4n) is 1.28. The van der Waals surface area contributed by atoms with Crippen LogP contribution in [0, 0.1) is 0 Å². The van der Waals surface area contributed by atoms with Gasteiger partial charge >= 0.3 is 0 Å². The van der Waals surface area contributed by atoms with Crippen molar-refractivity contribution >= 4 is 27.3 Å². The van der Waals surface area contributed by atoms with E-state index in [1.807, 2.05) is 24.4 Å². The van der Waals surface area contributed by atoms with Gasteiger partial charge in [-0.1, -0.05) is 6.07 Å². The van der Waals surface area contributed by atoms with E-state index < -0.39 is 0 Å². The molecule has 4 heteroatoms. The van der Waals surface area contributed by atoms with Crippen LogP contribution in [-0.4, -0.2) is 4.98 Å². The second-order valence-electron chi connectivity index (χ2n) is 3.18. The quantitative estimate of drug-likeness (QED) is 0.932. The Morgan fingerprint density at radius 3 is 2.93 bits per heavy atom. The first kappa shape index (κ1) is 10.8. The summed E-state index contributed by atoms with van der Waals surface area (Å²) in [5.41, 5.74) is 2.38. The topological polar surface area (TPSA) is 24.9 Å². The predicted octanol–water partition coefficient (Wildman–Crippen LogP) is 3.20. The zero-order valence-electron chi connectivity index (χ0n) is 8.11. The molecule has 0 saturated heterocycles. The maximum Gasteiger partial charge on any atom is 0.0701 e. The smallest absolute Gasteiger partial charge is 0.0701 e. The second kappa shape index (κ2) is 5.39. The van der Waals surface area contributed by atoms with Crippen molar-refractivity contribution in [2.75, 3.05) is 0 Å². The van der Waals surface area contributed by atoms with E-state index in [0.717, 1.165) is 18.8 Å². The van der Waals surface area contributed by atoms with Gasteiger partial charge in [0.05, 0.1) is 9.48 Å². The maximum absolute atomic E-state index is 4.25. The van der Waals surface area contributed by atoms with E-state index in [9.17, 15) is 0 Å². The Labute approximate surface area is 101 Å². The van der Waals surface area contributed by atoms with E-state index in [-0.39, 0.29) is 0 Å². The van der Waals surface area contributed by atoms with Crippen molar-refractivity contribution in [2.45, 2.75) is 13.1 Å². The van der Waals surface area contributed by atoms with Gasteiger partial charge in [0.1, 0.15) is 0 Å². The molecule has 0 aromatic carbocycles. The summed E-state index contributed by atoms with van der Waals surface area (Å²) in [7, 11) is 0. The van der Waals surface area contributed by atoms with E-state index in [4.69, 9.17) is 0 Å². The van der Waals surface area contributed by atoms with Gasteiger partial charge in [0.2, 0.25) is 0 Å².